The van der Waals surface area contributed by atoms with Crippen molar-refractivity contribution in [3.63, 3.8) is 0 Å². The van der Waals surface area contributed by atoms with Crippen molar-refractivity contribution >= 4 is 18.8 Å². The zero-order valence-corrected chi connectivity index (χ0v) is 17.0. The Morgan fingerprint density at radius 1 is 0.632 bits per heavy atom. The molecule has 116 valence electrons. The minimum atomic E-state index is -2.13. The number of unbranched alkanes of at least 4 members (excludes halogenated alkanes) is 7. The molecule has 0 fully saturated rings. The Kier molecular flexibility index (Phi) is 14.3. The molecule has 0 aromatic rings. The van der Waals surface area contributed by atoms with E-state index in [-0.39, 0.29) is 0 Å². The first-order chi connectivity index (χ1) is 9.24. The Hall–Kier alpha value is 0.759. The van der Waals surface area contributed by atoms with Gasteiger partial charge in [0.1, 0.15) is 0 Å². The topological polar surface area (TPSA) is 9.23 Å². The van der Waals surface area contributed by atoms with Crippen LogP contribution in [0.2, 0.25) is 13.3 Å². The van der Waals surface area contributed by atoms with E-state index in [0.29, 0.717) is 0 Å². The molecule has 0 saturated heterocycles. The van der Waals surface area contributed by atoms with Crippen molar-refractivity contribution in [2.24, 2.45) is 0 Å². The Labute approximate surface area is 127 Å². The van der Waals surface area contributed by atoms with E-state index in [1.165, 1.54) is 71.1 Å². The third-order valence-corrected chi connectivity index (χ3v) is 17.7. The molecule has 0 aromatic heterocycles. The quantitative estimate of drug-likeness (QED) is 0.247. The molecule has 0 rings (SSSR count). The third-order valence-electron chi connectivity index (χ3n) is 4.43. The van der Waals surface area contributed by atoms with Crippen LogP contribution in [0.3, 0.4) is 0 Å². The molecule has 0 radical (unpaired) electrons. The van der Waals surface area contributed by atoms with Crippen molar-refractivity contribution in [2.45, 2.75) is 98.8 Å². The molecule has 0 aromatic carbocycles. The predicted octanol–water partition coefficient (Wildman–Crippen LogP) is 6.54. The van der Waals surface area contributed by atoms with Crippen LogP contribution in [0.5, 0.6) is 0 Å². The van der Waals surface area contributed by atoms with Crippen LogP contribution in [0, 0.1) is 0 Å². The molecule has 0 heterocycles. The fraction of sp³-hybridized carbons (Fsp3) is 1.00. The number of hydrogen-bond acceptors (Lipinski definition) is 1. The molecule has 2 heteroatoms. The minimum absolute atomic E-state index is 1.06. The van der Waals surface area contributed by atoms with E-state index in [0.717, 1.165) is 6.61 Å². The van der Waals surface area contributed by atoms with Crippen LogP contribution in [-0.4, -0.2) is 25.4 Å². The van der Waals surface area contributed by atoms with Crippen molar-refractivity contribution in [1.29, 1.82) is 0 Å². The molecular formula is C17H38OSn. The van der Waals surface area contributed by atoms with Gasteiger partial charge in [0.25, 0.3) is 0 Å². The van der Waals surface area contributed by atoms with Gasteiger partial charge in [-0.25, -0.2) is 0 Å². The van der Waals surface area contributed by atoms with Gasteiger partial charge < -0.3 is 0 Å². The summed E-state index contributed by atoms with van der Waals surface area (Å²) < 4.78 is 10.7. The van der Waals surface area contributed by atoms with Crippen LogP contribution in [0.25, 0.3) is 0 Å². The Morgan fingerprint density at radius 2 is 1.16 bits per heavy atom. The molecule has 0 unspecified atom stereocenters. The zero-order chi connectivity index (χ0) is 14.4. The van der Waals surface area contributed by atoms with Crippen LogP contribution in [-0.2, 0) is 3.07 Å². The summed E-state index contributed by atoms with van der Waals surface area (Å²) in [5, 5.41) is 0. The van der Waals surface area contributed by atoms with Gasteiger partial charge in [-0.15, -0.1) is 0 Å². The summed E-state index contributed by atoms with van der Waals surface area (Å²) in [6.07, 6.45) is 12.5. The normalized spacial score (nSPS) is 12.0. The Bertz CT molecular complexity index is 178. The van der Waals surface area contributed by atoms with E-state index in [1.54, 1.807) is 0 Å². The summed E-state index contributed by atoms with van der Waals surface area (Å²) in [6.45, 7) is 10.4. The molecule has 0 N–H and O–H groups in total. The molecule has 0 atom stereocenters. The van der Waals surface area contributed by atoms with Gasteiger partial charge in [-0.1, -0.05) is 0 Å². The van der Waals surface area contributed by atoms with Crippen molar-refractivity contribution in [2.75, 3.05) is 6.61 Å². The Balaban J connectivity index is 3.63. The van der Waals surface area contributed by atoms with Crippen LogP contribution >= 0.6 is 0 Å². The molecule has 1 nitrogen and oxygen atoms in total. The van der Waals surface area contributed by atoms with Gasteiger partial charge in [0.05, 0.1) is 0 Å². The van der Waals surface area contributed by atoms with E-state index in [2.05, 4.69) is 27.7 Å². The average Bonchev–Trinajstić information content (AvgIpc) is 2.45. The van der Waals surface area contributed by atoms with Crippen molar-refractivity contribution in [1.82, 2.24) is 0 Å². The number of rotatable bonds is 14. The molecule has 0 aliphatic carbocycles. The van der Waals surface area contributed by atoms with Gasteiger partial charge in [0.2, 0.25) is 0 Å². The molecule has 19 heavy (non-hydrogen) atoms. The second-order valence-corrected chi connectivity index (χ2v) is 19.0. The van der Waals surface area contributed by atoms with E-state index >= 15 is 0 Å². The van der Waals surface area contributed by atoms with Crippen LogP contribution in [0.4, 0.5) is 0 Å². The van der Waals surface area contributed by atoms with E-state index in [1.807, 2.05) is 0 Å². The SMILES string of the molecule is CCCCCCCCC[O][Sn]([CH2]C)([CH2]C)[CH2]CCC. The summed E-state index contributed by atoms with van der Waals surface area (Å²) in [5.41, 5.74) is 0. The predicted molar refractivity (Wildman–Crippen MR) is 90.4 cm³/mol. The summed E-state index contributed by atoms with van der Waals surface area (Å²) in [5.74, 6) is 0. The molecule has 0 spiro atoms. The first-order valence-corrected chi connectivity index (χ1v) is 16.1. The molecule has 0 aliphatic heterocycles. The first kappa shape index (κ1) is 19.8. The summed E-state index contributed by atoms with van der Waals surface area (Å²) in [4.78, 5) is 0. The molecular weight excluding hydrogens is 339 g/mol. The van der Waals surface area contributed by atoms with E-state index in [9.17, 15) is 0 Å². The maximum absolute atomic E-state index is 6.47. The van der Waals surface area contributed by atoms with E-state index in [4.69, 9.17) is 3.07 Å². The van der Waals surface area contributed by atoms with Crippen LogP contribution < -0.4 is 0 Å². The summed E-state index contributed by atoms with van der Waals surface area (Å²) >= 11 is -2.13. The summed E-state index contributed by atoms with van der Waals surface area (Å²) in [6, 6.07) is 0. The Morgan fingerprint density at radius 3 is 1.68 bits per heavy atom. The van der Waals surface area contributed by atoms with Crippen molar-refractivity contribution in [3.8, 4) is 0 Å². The zero-order valence-electron chi connectivity index (χ0n) is 14.1. The fourth-order valence-electron chi connectivity index (χ4n) is 2.73. The fourth-order valence-corrected chi connectivity index (χ4v) is 12.2. The molecule has 0 bridgehead atoms. The second kappa shape index (κ2) is 13.7. The van der Waals surface area contributed by atoms with Gasteiger partial charge in [-0.2, -0.15) is 0 Å². The average molecular weight is 377 g/mol. The van der Waals surface area contributed by atoms with Gasteiger partial charge in [-0.05, 0) is 0 Å². The first-order valence-electron chi connectivity index (χ1n) is 8.88. The van der Waals surface area contributed by atoms with Gasteiger partial charge in [-0.3, -0.25) is 0 Å². The molecule has 0 saturated carbocycles. The molecule has 0 aliphatic rings. The van der Waals surface area contributed by atoms with E-state index < -0.39 is 18.8 Å². The van der Waals surface area contributed by atoms with Crippen molar-refractivity contribution in [3.05, 3.63) is 0 Å². The maximum atomic E-state index is 6.47. The molecule has 0 amide bonds. The van der Waals surface area contributed by atoms with Gasteiger partial charge >= 0.3 is 127 Å². The van der Waals surface area contributed by atoms with Crippen molar-refractivity contribution < 1.29 is 3.07 Å². The monoisotopic (exact) mass is 378 g/mol. The summed E-state index contributed by atoms with van der Waals surface area (Å²) in [7, 11) is 0. The third kappa shape index (κ3) is 10.2. The van der Waals surface area contributed by atoms with Crippen LogP contribution in [0.1, 0.15) is 85.5 Å². The van der Waals surface area contributed by atoms with Gasteiger partial charge in [0.15, 0.2) is 0 Å². The second-order valence-electron chi connectivity index (χ2n) is 5.96. The number of hydrogen-bond donors (Lipinski definition) is 0. The van der Waals surface area contributed by atoms with Crippen LogP contribution in [0.15, 0.2) is 0 Å². The van der Waals surface area contributed by atoms with Gasteiger partial charge in [0, 0.05) is 0 Å². The standard InChI is InChI=1S/C9H19O.C4H9.2C2H5.Sn/c1-2-3-4-5-6-7-8-9-10;1-3-4-2;2*1-2;/h2-9H2,1H3;1,3-4H2,2H3;2*1H2,2H3;/q-1;;;;+1.